The Balaban J connectivity index is 1.61. The van der Waals surface area contributed by atoms with Crippen molar-refractivity contribution in [3.63, 3.8) is 0 Å². The highest BCUT2D eigenvalue weighted by Crippen LogP contribution is 2.22. The van der Waals surface area contributed by atoms with E-state index < -0.39 is 0 Å². The molecule has 2 aliphatic carbocycles. The Morgan fingerprint density at radius 1 is 1.17 bits per heavy atom. The minimum Gasteiger partial charge on any atom is -0.352 e. The molecule has 122 valence electrons. The van der Waals surface area contributed by atoms with E-state index >= 15 is 0 Å². The number of rotatable bonds is 3. The van der Waals surface area contributed by atoms with E-state index in [2.05, 4.69) is 10.4 Å². The molecule has 0 atom stereocenters. The molecule has 1 saturated carbocycles. The molecule has 0 aliphatic heterocycles. The predicted octanol–water partition coefficient (Wildman–Crippen LogP) is 1.43. The van der Waals surface area contributed by atoms with E-state index in [1.54, 1.807) is 16.9 Å². The molecular weight excluding hydrogens is 292 g/mol. The van der Waals surface area contributed by atoms with E-state index in [4.69, 9.17) is 0 Å². The number of aryl methyl sites for hydroxylation is 2. The molecule has 2 aliphatic rings. The molecule has 0 aromatic carbocycles. The van der Waals surface area contributed by atoms with Crippen molar-refractivity contribution in [1.29, 1.82) is 0 Å². The molecule has 0 saturated heterocycles. The summed E-state index contributed by atoms with van der Waals surface area (Å²) in [4.78, 5) is 24.9. The van der Waals surface area contributed by atoms with Crippen LogP contribution >= 0.6 is 0 Å². The molecule has 1 N–H and O–H groups in total. The van der Waals surface area contributed by atoms with Crippen molar-refractivity contribution < 1.29 is 4.79 Å². The fourth-order valence-electron chi connectivity index (χ4n) is 3.88. The maximum absolute atomic E-state index is 12.8. The second-order valence-electron chi connectivity index (χ2n) is 6.71. The van der Waals surface area contributed by atoms with Crippen LogP contribution in [0.4, 0.5) is 0 Å². The van der Waals surface area contributed by atoms with Crippen molar-refractivity contribution >= 4 is 11.4 Å². The van der Waals surface area contributed by atoms with Gasteiger partial charge < -0.3 is 9.88 Å². The molecule has 2 aromatic rings. The monoisotopic (exact) mass is 314 g/mol. The van der Waals surface area contributed by atoms with E-state index in [1.165, 1.54) is 17.4 Å². The number of hydrogen-bond acceptors (Lipinski definition) is 3. The summed E-state index contributed by atoms with van der Waals surface area (Å²) in [5.74, 6) is -0.0725. The van der Waals surface area contributed by atoms with Crippen LogP contribution in [0.1, 0.15) is 49.8 Å². The zero-order valence-corrected chi connectivity index (χ0v) is 13.3. The molecule has 0 bridgehead atoms. The molecule has 1 amide bonds. The molecule has 2 heterocycles. The highest BCUT2D eigenvalue weighted by molar-refractivity contribution is 5.76. The Bertz CT molecular complexity index is 799. The smallest absolute Gasteiger partial charge is 0.277 e. The molecular formula is C17H22N4O2. The second kappa shape index (κ2) is 5.83. The quantitative estimate of drug-likeness (QED) is 0.932. The first-order chi connectivity index (χ1) is 11.2. The molecule has 6 heteroatoms. The maximum Gasteiger partial charge on any atom is 0.277 e. The topological polar surface area (TPSA) is 68.4 Å². The summed E-state index contributed by atoms with van der Waals surface area (Å²) in [6, 6.07) is 0.282. The molecule has 1 fully saturated rings. The number of nitrogens with one attached hydrogen (secondary N) is 1. The SMILES string of the molecule is O=C(Cn1ccn2nc3c(c2c1=O)CCCC3)NC1CCCC1. The van der Waals surface area contributed by atoms with Gasteiger partial charge >= 0.3 is 0 Å². The van der Waals surface area contributed by atoms with Crippen LogP contribution in [0.5, 0.6) is 0 Å². The Labute approximate surface area is 134 Å². The number of amides is 1. The van der Waals surface area contributed by atoms with Crippen LogP contribution < -0.4 is 10.9 Å². The van der Waals surface area contributed by atoms with Gasteiger partial charge in [0.15, 0.2) is 0 Å². The van der Waals surface area contributed by atoms with E-state index in [-0.39, 0.29) is 24.1 Å². The number of nitrogens with zero attached hydrogens (tertiary/aromatic N) is 3. The molecule has 0 unspecified atom stereocenters. The fourth-order valence-corrected chi connectivity index (χ4v) is 3.88. The van der Waals surface area contributed by atoms with Crippen LogP contribution in [0.15, 0.2) is 17.2 Å². The Morgan fingerprint density at radius 3 is 2.78 bits per heavy atom. The van der Waals surface area contributed by atoms with Crippen LogP contribution in [0, 0.1) is 0 Å². The Morgan fingerprint density at radius 2 is 1.96 bits per heavy atom. The van der Waals surface area contributed by atoms with Crippen molar-refractivity contribution in [2.75, 3.05) is 0 Å². The van der Waals surface area contributed by atoms with Gasteiger partial charge in [-0.1, -0.05) is 12.8 Å². The number of fused-ring (bicyclic) bond motifs is 3. The van der Waals surface area contributed by atoms with E-state index in [9.17, 15) is 9.59 Å². The lowest BCUT2D eigenvalue weighted by Crippen LogP contribution is -2.37. The van der Waals surface area contributed by atoms with Crippen molar-refractivity contribution in [2.45, 2.75) is 64.0 Å². The van der Waals surface area contributed by atoms with Gasteiger partial charge in [0.25, 0.3) is 5.56 Å². The van der Waals surface area contributed by atoms with Gasteiger partial charge in [-0.15, -0.1) is 0 Å². The van der Waals surface area contributed by atoms with Crippen molar-refractivity contribution in [3.8, 4) is 0 Å². The summed E-state index contributed by atoms with van der Waals surface area (Å²) in [5.41, 5.74) is 2.66. The van der Waals surface area contributed by atoms with Gasteiger partial charge in [-0.2, -0.15) is 5.10 Å². The second-order valence-corrected chi connectivity index (χ2v) is 6.71. The highest BCUT2D eigenvalue weighted by Gasteiger charge is 2.21. The van der Waals surface area contributed by atoms with Crippen LogP contribution in [0.25, 0.3) is 5.52 Å². The van der Waals surface area contributed by atoms with Crippen LogP contribution in [-0.2, 0) is 24.2 Å². The summed E-state index contributed by atoms with van der Waals surface area (Å²) in [6.07, 6.45) is 12.0. The van der Waals surface area contributed by atoms with Crippen molar-refractivity contribution in [2.24, 2.45) is 0 Å². The lowest BCUT2D eigenvalue weighted by molar-refractivity contribution is -0.122. The standard InChI is InChI=1S/C17H22N4O2/c22-15(18-12-5-1-2-6-12)11-20-9-10-21-16(17(20)23)13-7-3-4-8-14(13)19-21/h9-10,12H,1-8,11H2,(H,18,22). The first kappa shape index (κ1) is 14.5. The predicted molar refractivity (Wildman–Crippen MR) is 86.5 cm³/mol. The average Bonchev–Trinajstić information content (AvgIpc) is 3.17. The summed E-state index contributed by atoms with van der Waals surface area (Å²) in [7, 11) is 0. The zero-order chi connectivity index (χ0) is 15.8. The van der Waals surface area contributed by atoms with Gasteiger partial charge in [0.05, 0.1) is 5.69 Å². The van der Waals surface area contributed by atoms with E-state index in [1.807, 2.05) is 0 Å². The number of aromatic nitrogens is 3. The van der Waals surface area contributed by atoms with Crippen molar-refractivity contribution in [3.05, 3.63) is 34.0 Å². The molecule has 4 rings (SSSR count). The molecule has 2 aromatic heterocycles. The fraction of sp³-hybridized carbons (Fsp3) is 0.588. The third kappa shape index (κ3) is 2.66. The molecule has 0 radical (unpaired) electrons. The maximum atomic E-state index is 12.8. The molecule has 6 nitrogen and oxygen atoms in total. The Hall–Kier alpha value is -2.11. The summed E-state index contributed by atoms with van der Waals surface area (Å²) < 4.78 is 3.19. The van der Waals surface area contributed by atoms with Gasteiger partial charge in [0.2, 0.25) is 5.91 Å². The van der Waals surface area contributed by atoms with Crippen LogP contribution in [0.3, 0.4) is 0 Å². The summed E-state index contributed by atoms with van der Waals surface area (Å²) >= 11 is 0. The largest absolute Gasteiger partial charge is 0.352 e. The van der Waals surface area contributed by atoms with Crippen molar-refractivity contribution in [1.82, 2.24) is 19.5 Å². The molecule has 23 heavy (non-hydrogen) atoms. The molecule has 0 spiro atoms. The highest BCUT2D eigenvalue weighted by atomic mass is 16.2. The third-order valence-corrected chi connectivity index (χ3v) is 5.07. The minimum absolute atomic E-state index is 0.0725. The van der Waals surface area contributed by atoms with Crippen LogP contribution in [0.2, 0.25) is 0 Å². The summed E-state index contributed by atoms with van der Waals surface area (Å²) in [5, 5.41) is 7.56. The van der Waals surface area contributed by atoms with E-state index in [0.29, 0.717) is 5.52 Å². The van der Waals surface area contributed by atoms with Gasteiger partial charge in [0, 0.05) is 24.0 Å². The Kier molecular flexibility index (Phi) is 3.67. The zero-order valence-electron chi connectivity index (χ0n) is 13.3. The van der Waals surface area contributed by atoms with Gasteiger partial charge in [-0.25, -0.2) is 4.52 Å². The number of hydrogen-bond donors (Lipinski definition) is 1. The van der Waals surface area contributed by atoms with Gasteiger partial charge in [-0.05, 0) is 38.5 Å². The number of carbonyl (C=O) groups excluding carboxylic acids is 1. The first-order valence-electron chi connectivity index (χ1n) is 8.61. The normalized spacial score (nSPS) is 18.3. The average molecular weight is 314 g/mol. The lowest BCUT2D eigenvalue weighted by Gasteiger charge is -2.13. The van der Waals surface area contributed by atoms with Gasteiger partial charge in [-0.3, -0.25) is 9.59 Å². The first-order valence-corrected chi connectivity index (χ1v) is 8.61. The lowest BCUT2D eigenvalue weighted by atomic mass is 9.97. The number of carbonyl (C=O) groups is 1. The van der Waals surface area contributed by atoms with Gasteiger partial charge in [0.1, 0.15) is 12.1 Å². The van der Waals surface area contributed by atoms with E-state index in [0.717, 1.165) is 49.8 Å². The third-order valence-electron chi connectivity index (χ3n) is 5.07. The minimum atomic E-state index is -0.107. The summed E-state index contributed by atoms with van der Waals surface area (Å²) in [6.45, 7) is 0.0891. The van der Waals surface area contributed by atoms with Crippen LogP contribution in [-0.4, -0.2) is 26.1 Å².